The zero-order valence-corrected chi connectivity index (χ0v) is 14.8. The first-order valence-electron chi connectivity index (χ1n) is 7.57. The fourth-order valence-corrected chi connectivity index (χ4v) is 2.65. The average molecular weight is 375 g/mol. The highest BCUT2D eigenvalue weighted by atomic mass is 35.5. The minimum absolute atomic E-state index is 0.167. The van der Waals surface area contributed by atoms with Crippen LogP contribution in [0.2, 0.25) is 5.02 Å². The van der Waals surface area contributed by atoms with Gasteiger partial charge in [-0.2, -0.15) is 5.10 Å². The van der Waals surface area contributed by atoms with Crippen LogP contribution in [0, 0.1) is 0 Å². The molecule has 0 saturated heterocycles. The molecule has 0 unspecified atom stereocenters. The molecule has 9 nitrogen and oxygen atoms in total. The summed E-state index contributed by atoms with van der Waals surface area (Å²) in [6.45, 7) is -0.177. The second kappa shape index (κ2) is 6.96. The van der Waals surface area contributed by atoms with Crippen molar-refractivity contribution in [2.24, 2.45) is 19.2 Å². The van der Waals surface area contributed by atoms with Crippen molar-refractivity contribution < 1.29 is 4.79 Å². The van der Waals surface area contributed by atoms with Crippen LogP contribution in [0.4, 0.5) is 0 Å². The molecule has 1 aromatic carbocycles. The summed E-state index contributed by atoms with van der Waals surface area (Å²) in [6, 6.07) is 7.05. The molecule has 2 heterocycles. The Balaban J connectivity index is 1.81. The number of hydrazone groups is 1. The van der Waals surface area contributed by atoms with Gasteiger partial charge < -0.3 is 4.57 Å². The van der Waals surface area contributed by atoms with Gasteiger partial charge in [0.05, 0.1) is 12.5 Å². The molecular formula is C16H15ClN6O3. The smallest absolute Gasteiger partial charge is 0.315 e. The van der Waals surface area contributed by atoms with Gasteiger partial charge in [-0.3, -0.25) is 18.7 Å². The molecule has 0 saturated carbocycles. The molecular weight excluding hydrogens is 360 g/mol. The number of amides is 1. The van der Waals surface area contributed by atoms with Gasteiger partial charge in [0.25, 0.3) is 11.5 Å². The molecule has 0 radical (unpaired) electrons. The Morgan fingerprint density at radius 3 is 2.73 bits per heavy atom. The maximum Gasteiger partial charge on any atom is 0.332 e. The number of halogens is 1. The third-order valence-electron chi connectivity index (χ3n) is 3.83. The second-order valence-corrected chi connectivity index (χ2v) is 5.97. The number of aryl methyl sites for hydroxylation is 1. The molecule has 0 spiro atoms. The fourth-order valence-electron chi connectivity index (χ4n) is 2.46. The summed E-state index contributed by atoms with van der Waals surface area (Å²) >= 11 is 6.00. The maximum absolute atomic E-state index is 12.3. The number of nitrogens with zero attached hydrogens (tertiary/aromatic N) is 5. The van der Waals surface area contributed by atoms with Crippen LogP contribution in [-0.4, -0.2) is 30.8 Å². The number of carbonyl (C=O) groups excluding carboxylic acids is 1. The molecule has 0 aliphatic rings. The molecule has 0 aliphatic heterocycles. The maximum atomic E-state index is 12.3. The Kier molecular flexibility index (Phi) is 4.72. The Morgan fingerprint density at radius 1 is 1.27 bits per heavy atom. The molecule has 0 atom stereocenters. The van der Waals surface area contributed by atoms with Crippen molar-refractivity contribution in [3.63, 3.8) is 0 Å². The number of imidazole rings is 1. The number of fused-ring (bicyclic) bond motifs is 1. The van der Waals surface area contributed by atoms with Gasteiger partial charge in [0.2, 0.25) is 0 Å². The van der Waals surface area contributed by atoms with Crippen LogP contribution in [0.5, 0.6) is 0 Å². The van der Waals surface area contributed by atoms with E-state index in [1.807, 2.05) is 0 Å². The Bertz CT molecular complexity index is 1140. The zero-order valence-electron chi connectivity index (χ0n) is 14.0. The molecule has 1 N–H and O–H groups in total. The first-order chi connectivity index (χ1) is 12.4. The summed E-state index contributed by atoms with van der Waals surface area (Å²) < 4.78 is 3.59. The number of carbonyl (C=O) groups is 1. The predicted molar refractivity (Wildman–Crippen MR) is 97.4 cm³/mol. The van der Waals surface area contributed by atoms with Crippen LogP contribution in [0.3, 0.4) is 0 Å². The average Bonchev–Trinajstić information content (AvgIpc) is 3.03. The molecule has 26 heavy (non-hydrogen) atoms. The monoisotopic (exact) mass is 374 g/mol. The molecule has 0 aliphatic carbocycles. The van der Waals surface area contributed by atoms with Crippen molar-refractivity contribution >= 4 is 34.9 Å². The number of hydrogen-bond donors (Lipinski definition) is 1. The summed E-state index contributed by atoms with van der Waals surface area (Å²) in [5.74, 6) is -0.455. The van der Waals surface area contributed by atoms with Crippen molar-refractivity contribution in [2.75, 3.05) is 0 Å². The van der Waals surface area contributed by atoms with Gasteiger partial charge in [0.15, 0.2) is 11.2 Å². The Morgan fingerprint density at radius 2 is 2.00 bits per heavy atom. The summed E-state index contributed by atoms with van der Waals surface area (Å²) in [7, 11) is 2.88. The fraction of sp³-hybridized carbons (Fsp3) is 0.188. The van der Waals surface area contributed by atoms with Gasteiger partial charge in [0.1, 0.15) is 6.54 Å². The van der Waals surface area contributed by atoms with Gasteiger partial charge in [-0.05, 0) is 6.07 Å². The van der Waals surface area contributed by atoms with E-state index in [0.717, 1.165) is 4.57 Å². The molecule has 3 aromatic rings. The molecule has 134 valence electrons. The minimum atomic E-state index is -0.520. The van der Waals surface area contributed by atoms with Crippen molar-refractivity contribution in [2.45, 2.75) is 6.54 Å². The lowest BCUT2D eigenvalue weighted by Gasteiger charge is -2.06. The van der Waals surface area contributed by atoms with Crippen molar-refractivity contribution in [1.29, 1.82) is 0 Å². The van der Waals surface area contributed by atoms with E-state index in [9.17, 15) is 14.4 Å². The largest absolute Gasteiger partial charge is 0.332 e. The summed E-state index contributed by atoms with van der Waals surface area (Å²) in [5.41, 5.74) is 2.40. The van der Waals surface area contributed by atoms with Crippen molar-refractivity contribution in [1.82, 2.24) is 24.1 Å². The summed E-state index contributed by atoms with van der Waals surface area (Å²) in [4.78, 5) is 40.4. The second-order valence-electron chi connectivity index (χ2n) is 5.57. The lowest BCUT2D eigenvalue weighted by atomic mass is 10.2. The first-order valence-corrected chi connectivity index (χ1v) is 7.95. The highest BCUT2D eigenvalue weighted by Crippen LogP contribution is 2.12. The third kappa shape index (κ3) is 3.16. The molecule has 2 aromatic heterocycles. The number of hydrogen-bond acceptors (Lipinski definition) is 5. The van der Waals surface area contributed by atoms with Crippen LogP contribution in [0.15, 0.2) is 45.3 Å². The number of nitrogens with one attached hydrogen (secondary N) is 1. The first kappa shape index (κ1) is 17.6. The zero-order chi connectivity index (χ0) is 18.8. The van der Waals surface area contributed by atoms with Crippen molar-refractivity contribution in [3.8, 4) is 0 Å². The number of rotatable bonds is 4. The number of benzene rings is 1. The van der Waals surface area contributed by atoms with E-state index in [4.69, 9.17) is 11.6 Å². The molecule has 1 amide bonds. The number of aromatic nitrogens is 4. The lowest BCUT2D eigenvalue weighted by Crippen LogP contribution is -2.38. The normalized spacial score (nSPS) is 11.3. The van der Waals surface area contributed by atoms with Gasteiger partial charge in [-0.15, -0.1) is 0 Å². The van der Waals surface area contributed by atoms with E-state index in [1.54, 1.807) is 24.3 Å². The quantitative estimate of drug-likeness (QED) is 0.521. The lowest BCUT2D eigenvalue weighted by molar-refractivity contribution is -0.121. The van der Waals surface area contributed by atoms with Crippen LogP contribution >= 0.6 is 11.6 Å². The van der Waals surface area contributed by atoms with Gasteiger partial charge in [0, 0.05) is 24.7 Å². The molecule has 0 bridgehead atoms. The summed E-state index contributed by atoms with van der Waals surface area (Å²) in [6.07, 6.45) is 2.76. The summed E-state index contributed by atoms with van der Waals surface area (Å²) in [5, 5.41) is 4.36. The van der Waals surface area contributed by atoms with Gasteiger partial charge in [-0.25, -0.2) is 15.2 Å². The van der Waals surface area contributed by atoms with Crippen LogP contribution in [-0.2, 0) is 25.4 Å². The van der Waals surface area contributed by atoms with E-state index < -0.39 is 17.2 Å². The van der Waals surface area contributed by atoms with Crippen LogP contribution in [0.25, 0.3) is 11.2 Å². The van der Waals surface area contributed by atoms with Crippen molar-refractivity contribution in [3.05, 3.63) is 62.0 Å². The van der Waals surface area contributed by atoms with Gasteiger partial charge >= 0.3 is 5.69 Å². The highest BCUT2D eigenvalue weighted by molar-refractivity contribution is 6.33. The minimum Gasteiger partial charge on any atom is -0.315 e. The standard InChI is InChI=1S/C16H15ClN6O3/c1-21-14-13(15(25)22(2)16(21)26)23(9-18-14)8-12(24)20-19-7-10-5-3-4-6-11(10)17/h3-7,9H,8H2,1-2H3,(H,20,24)/b19-7-. The van der Waals surface area contributed by atoms with E-state index in [-0.39, 0.29) is 17.7 Å². The van der Waals surface area contributed by atoms with E-state index in [0.29, 0.717) is 10.6 Å². The predicted octanol–water partition coefficient (Wildman–Crippen LogP) is 0.237. The highest BCUT2D eigenvalue weighted by Gasteiger charge is 2.15. The van der Waals surface area contributed by atoms with Crippen LogP contribution in [0.1, 0.15) is 5.56 Å². The molecule has 0 fully saturated rings. The van der Waals surface area contributed by atoms with Gasteiger partial charge in [-0.1, -0.05) is 29.8 Å². The van der Waals surface area contributed by atoms with E-state index >= 15 is 0 Å². The molecule has 3 rings (SSSR count). The van der Waals surface area contributed by atoms with E-state index in [2.05, 4.69) is 15.5 Å². The van der Waals surface area contributed by atoms with E-state index in [1.165, 1.54) is 35.8 Å². The third-order valence-corrected chi connectivity index (χ3v) is 4.17. The molecule has 10 heteroatoms. The Labute approximate surface area is 152 Å². The Hall–Kier alpha value is -3.20. The topological polar surface area (TPSA) is 103 Å². The van der Waals surface area contributed by atoms with Crippen LogP contribution < -0.4 is 16.7 Å². The SMILES string of the molecule is Cn1c(=O)c2c(ncn2CC(=O)N/N=C\c2ccccc2Cl)n(C)c1=O.